The zero-order valence-electron chi connectivity index (χ0n) is 21.0. The van der Waals surface area contributed by atoms with Gasteiger partial charge in [-0.2, -0.15) is 0 Å². The molecule has 186 valence electrons. The van der Waals surface area contributed by atoms with Gasteiger partial charge in [0.05, 0.1) is 22.4 Å². The molecular weight excluding hydrogens is 475 g/mol. The summed E-state index contributed by atoms with van der Waals surface area (Å²) >= 11 is 0. The molecule has 4 aromatic heterocycles. The first-order chi connectivity index (χ1) is 18.5. The van der Waals surface area contributed by atoms with E-state index in [1.807, 2.05) is 74.8 Å². The number of benzene rings is 2. The maximum absolute atomic E-state index is 9.57. The Morgan fingerprint density at radius 2 is 1.63 bits per heavy atom. The molecule has 8 heteroatoms. The quantitative estimate of drug-likeness (QED) is 0.322. The van der Waals surface area contributed by atoms with Crippen molar-refractivity contribution in [3.63, 3.8) is 0 Å². The molecule has 0 aliphatic rings. The fraction of sp³-hybridized carbons (Fsp3) is 0.100. The molecule has 6 aromatic rings. The van der Waals surface area contributed by atoms with Gasteiger partial charge in [0.2, 0.25) is 0 Å². The summed E-state index contributed by atoms with van der Waals surface area (Å²) in [4.78, 5) is 9.66. The van der Waals surface area contributed by atoms with Crippen LogP contribution in [0.1, 0.15) is 28.8 Å². The van der Waals surface area contributed by atoms with Gasteiger partial charge in [-0.15, -0.1) is 0 Å². The van der Waals surface area contributed by atoms with E-state index < -0.39 is 7.12 Å². The molecule has 0 aliphatic heterocycles. The van der Waals surface area contributed by atoms with Crippen molar-refractivity contribution in [2.75, 3.05) is 0 Å². The van der Waals surface area contributed by atoms with Gasteiger partial charge in [0.25, 0.3) is 0 Å². The lowest BCUT2D eigenvalue weighted by Crippen LogP contribution is -2.29. The molecule has 2 N–H and O–H groups in total. The smallest absolute Gasteiger partial charge is 0.423 e. The highest BCUT2D eigenvalue weighted by atomic mass is 16.5. The second kappa shape index (κ2) is 9.74. The van der Waals surface area contributed by atoms with Crippen LogP contribution in [-0.2, 0) is 0 Å². The highest BCUT2D eigenvalue weighted by Crippen LogP contribution is 2.38. The summed E-state index contributed by atoms with van der Waals surface area (Å²) in [5, 5.41) is 23.3. The maximum Gasteiger partial charge on any atom is 0.488 e. The first-order valence-electron chi connectivity index (χ1n) is 12.4. The van der Waals surface area contributed by atoms with Crippen molar-refractivity contribution < 1.29 is 14.6 Å². The Hall–Kier alpha value is -4.53. The van der Waals surface area contributed by atoms with Gasteiger partial charge in [-0.3, -0.25) is 9.97 Å². The normalized spacial score (nSPS) is 12.1. The number of pyridine rings is 2. The fourth-order valence-electron chi connectivity index (χ4n) is 5.07. The lowest BCUT2D eigenvalue weighted by Gasteiger charge is -2.20. The number of fused-ring (bicyclic) bond motifs is 1. The molecule has 0 bridgehead atoms. The molecule has 2 aromatic carbocycles. The number of rotatable bonds is 6. The van der Waals surface area contributed by atoms with Crippen LogP contribution in [0, 0.1) is 13.8 Å². The predicted molar refractivity (Wildman–Crippen MR) is 148 cm³/mol. The summed E-state index contributed by atoms with van der Waals surface area (Å²) in [6, 6.07) is 25.4. The van der Waals surface area contributed by atoms with Crippen molar-refractivity contribution in [2.45, 2.75) is 19.9 Å². The minimum absolute atomic E-state index is 0.200. The van der Waals surface area contributed by atoms with Crippen LogP contribution in [0.5, 0.6) is 0 Å². The van der Waals surface area contributed by atoms with Crippen LogP contribution in [-0.4, -0.2) is 36.9 Å². The molecule has 0 radical (unpaired) electrons. The Morgan fingerprint density at radius 1 is 0.868 bits per heavy atom. The van der Waals surface area contributed by atoms with Gasteiger partial charge in [-0.05, 0) is 48.6 Å². The van der Waals surface area contributed by atoms with Crippen LogP contribution in [0.4, 0.5) is 0 Å². The van der Waals surface area contributed by atoms with Crippen molar-refractivity contribution >= 4 is 23.6 Å². The van der Waals surface area contributed by atoms with Gasteiger partial charge in [0, 0.05) is 35.3 Å². The molecule has 6 rings (SSSR count). The number of hydrogen-bond acceptors (Lipinski definition) is 6. The largest absolute Gasteiger partial charge is 0.488 e. The predicted octanol–water partition coefficient (Wildman–Crippen LogP) is 4.69. The third-order valence-corrected chi connectivity index (χ3v) is 6.87. The van der Waals surface area contributed by atoms with E-state index in [2.05, 4.69) is 34.1 Å². The molecule has 0 saturated heterocycles. The van der Waals surface area contributed by atoms with Crippen molar-refractivity contribution in [1.29, 1.82) is 0 Å². The Labute approximate surface area is 220 Å². The Bertz CT molecular complexity index is 1650. The zero-order chi connectivity index (χ0) is 26.2. The average molecular weight is 500 g/mol. The fourth-order valence-corrected chi connectivity index (χ4v) is 5.07. The third kappa shape index (κ3) is 4.20. The first-order valence-corrected chi connectivity index (χ1v) is 12.4. The van der Waals surface area contributed by atoms with Gasteiger partial charge in [-0.25, -0.2) is 0 Å². The van der Waals surface area contributed by atoms with E-state index in [1.54, 1.807) is 12.1 Å². The van der Waals surface area contributed by atoms with E-state index in [0.717, 1.165) is 56.0 Å². The molecule has 4 heterocycles. The van der Waals surface area contributed by atoms with Crippen molar-refractivity contribution in [1.82, 2.24) is 19.7 Å². The summed E-state index contributed by atoms with van der Waals surface area (Å²) in [5.74, 6) is 0.740. The second-order valence-electron chi connectivity index (χ2n) is 9.30. The van der Waals surface area contributed by atoms with Gasteiger partial charge in [0.1, 0.15) is 11.8 Å². The van der Waals surface area contributed by atoms with E-state index in [9.17, 15) is 10.0 Å². The monoisotopic (exact) mass is 500 g/mol. The minimum Gasteiger partial charge on any atom is -0.423 e. The average Bonchev–Trinajstić information content (AvgIpc) is 3.49. The molecular formula is C30H25BN4O3. The van der Waals surface area contributed by atoms with Crippen molar-refractivity contribution in [3.05, 3.63) is 120 Å². The molecule has 0 saturated carbocycles. The maximum atomic E-state index is 9.57. The first kappa shape index (κ1) is 23.8. The Morgan fingerprint density at radius 3 is 2.29 bits per heavy atom. The summed E-state index contributed by atoms with van der Waals surface area (Å²) in [6.07, 6.45) is 5.77. The topological polar surface area (TPSA) is 97.2 Å². The Balaban J connectivity index is 1.63. The van der Waals surface area contributed by atoms with Crippen LogP contribution < -0.4 is 5.46 Å². The van der Waals surface area contributed by atoms with Crippen LogP contribution in [0.3, 0.4) is 0 Å². The van der Waals surface area contributed by atoms with Crippen molar-refractivity contribution in [3.8, 4) is 22.3 Å². The minimum atomic E-state index is -1.52. The van der Waals surface area contributed by atoms with Gasteiger partial charge >= 0.3 is 7.12 Å². The highest BCUT2D eigenvalue weighted by molar-refractivity contribution is 6.58. The zero-order valence-corrected chi connectivity index (χ0v) is 21.0. The summed E-state index contributed by atoms with van der Waals surface area (Å²) < 4.78 is 7.66. The highest BCUT2D eigenvalue weighted by Gasteiger charge is 2.24. The van der Waals surface area contributed by atoms with Gasteiger partial charge in [-0.1, -0.05) is 65.8 Å². The standard InChI is InChI=1S/C30H25BN4O3/c1-19-28(20(2)38-34-19)23-16-27-29(33-17-23)25(21-11-13-24(14-12-21)31(36)37)18-35(27)30(22-8-4-3-5-9-22)26-10-6-7-15-32-26/h3-18,30,36-37H,1-2H3/t30-/m1/s1. The van der Waals surface area contributed by atoms with Gasteiger partial charge < -0.3 is 19.1 Å². The number of aryl methyl sites for hydroxylation is 2. The molecule has 7 nitrogen and oxygen atoms in total. The van der Waals surface area contributed by atoms with E-state index >= 15 is 0 Å². The summed E-state index contributed by atoms with van der Waals surface area (Å²) in [6.45, 7) is 3.83. The number of hydrogen-bond donors (Lipinski definition) is 2. The van der Waals surface area contributed by atoms with E-state index in [1.165, 1.54) is 0 Å². The van der Waals surface area contributed by atoms with E-state index in [-0.39, 0.29) is 6.04 Å². The van der Waals surface area contributed by atoms with Crippen LogP contribution in [0.25, 0.3) is 33.3 Å². The lowest BCUT2D eigenvalue weighted by molar-refractivity contribution is 0.393. The summed E-state index contributed by atoms with van der Waals surface area (Å²) in [7, 11) is -1.52. The molecule has 0 fully saturated rings. The second-order valence-corrected chi connectivity index (χ2v) is 9.30. The Kier molecular flexibility index (Phi) is 6.11. The SMILES string of the molecule is Cc1noc(C)c1-c1cnc2c(-c3ccc(B(O)O)cc3)cn([C@H](c3ccccc3)c3ccccn3)c2c1. The molecule has 0 unspecified atom stereocenters. The molecule has 0 aliphatic carbocycles. The molecule has 0 amide bonds. The summed E-state index contributed by atoms with van der Waals surface area (Å²) in [5.41, 5.74) is 8.71. The lowest BCUT2D eigenvalue weighted by atomic mass is 9.80. The van der Waals surface area contributed by atoms with Crippen molar-refractivity contribution in [2.24, 2.45) is 0 Å². The van der Waals surface area contributed by atoms with E-state index in [4.69, 9.17) is 14.5 Å². The molecule has 1 atom stereocenters. The van der Waals surface area contributed by atoms with Crippen LogP contribution >= 0.6 is 0 Å². The third-order valence-electron chi connectivity index (χ3n) is 6.87. The van der Waals surface area contributed by atoms with Crippen LogP contribution in [0.2, 0.25) is 0 Å². The number of aromatic nitrogens is 4. The van der Waals surface area contributed by atoms with Gasteiger partial charge in [0.15, 0.2) is 0 Å². The molecule has 0 spiro atoms. The van der Waals surface area contributed by atoms with Crippen LogP contribution in [0.15, 0.2) is 102 Å². The number of nitrogens with zero attached hydrogens (tertiary/aromatic N) is 4. The van der Waals surface area contributed by atoms with E-state index in [0.29, 0.717) is 5.46 Å². The molecule has 38 heavy (non-hydrogen) atoms.